The van der Waals surface area contributed by atoms with Crippen LogP contribution in [0.15, 0.2) is 0 Å². The van der Waals surface area contributed by atoms with Crippen LogP contribution in [-0.4, -0.2) is 4.32 Å². The third-order valence-corrected chi connectivity index (χ3v) is 8.13. The van der Waals surface area contributed by atoms with E-state index in [1.165, 1.54) is 135 Å². The first-order valence-electron chi connectivity index (χ1n) is 13.6. The van der Waals surface area contributed by atoms with E-state index in [4.69, 9.17) is 0 Å². The molecule has 0 aromatic heterocycles. The number of alkyl halides is 1. The Labute approximate surface area is 201 Å². The summed E-state index contributed by atoms with van der Waals surface area (Å²) < 4.78 is 0.260. The Hall–Kier alpha value is 0.440. The minimum atomic E-state index is 0. The average Bonchev–Trinajstić information content (AvgIpc) is 2.68. The lowest BCUT2D eigenvalue weighted by Gasteiger charge is -2.45. The molecule has 0 saturated heterocycles. The second-order valence-corrected chi connectivity index (χ2v) is 12.3. The average molecular weight is 491 g/mol. The van der Waals surface area contributed by atoms with Crippen LogP contribution in [0, 0.1) is 5.41 Å². The molecule has 0 saturated carbocycles. The van der Waals surface area contributed by atoms with E-state index in [1.807, 2.05) is 0 Å². The van der Waals surface area contributed by atoms with Crippen molar-refractivity contribution in [3.63, 3.8) is 0 Å². The smallest absolute Gasteiger partial charge is 0.0257 e. The molecule has 0 bridgehead atoms. The normalized spacial score (nSPS) is 12.2. The Morgan fingerprint density at radius 1 is 0.433 bits per heavy atom. The Bertz CT molecular complexity index is 293. The van der Waals surface area contributed by atoms with Gasteiger partial charge in [0.1, 0.15) is 0 Å². The highest BCUT2D eigenvalue weighted by Gasteiger charge is 2.41. The van der Waals surface area contributed by atoms with Crippen molar-refractivity contribution in [1.82, 2.24) is 6.15 Å². The van der Waals surface area contributed by atoms with Crippen LogP contribution >= 0.6 is 15.9 Å². The van der Waals surface area contributed by atoms with Crippen LogP contribution in [0.1, 0.15) is 169 Å². The number of halogens is 1. The molecule has 0 heterocycles. The van der Waals surface area contributed by atoms with E-state index in [2.05, 4.69) is 50.5 Å². The van der Waals surface area contributed by atoms with Gasteiger partial charge in [-0.25, -0.2) is 0 Å². The summed E-state index contributed by atoms with van der Waals surface area (Å²) in [5.74, 6) is 0. The third-order valence-electron chi connectivity index (χ3n) is 7.29. The zero-order valence-corrected chi connectivity index (χ0v) is 23.5. The Balaban J connectivity index is 0. The van der Waals surface area contributed by atoms with Crippen molar-refractivity contribution in [2.24, 2.45) is 5.41 Å². The highest BCUT2D eigenvalue weighted by atomic mass is 79.9. The van der Waals surface area contributed by atoms with Crippen molar-refractivity contribution in [2.75, 3.05) is 0 Å². The van der Waals surface area contributed by atoms with Crippen LogP contribution in [0.25, 0.3) is 0 Å². The van der Waals surface area contributed by atoms with Gasteiger partial charge in [-0.3, -0.25) is 0 Å². The highest BCUT2D eigenvalue weighted by molar-refractivity contribution is 9.10. The molecule has 0 spiro atoms. The van der Waals surface area contributed by atoms with Crippen LogP contribution < -0.4 is 6.15 Å². The van der Waals surface area contributed by atoms with E-state index in [0.717, 1.165) is 0 Å². The van der Waals surface area contributed by atoms with E-state index in [-0.39, 0.29) is 10.5 Å². The molecule has 0 aliphatic carbocycles. The van der Waals surface area contributed by atoms with Gasteiger partial charge in [0.25, 0.3) is 0 Å². The molecule has 30 heavy (non-hydrogen) atoms. The number of rotatable bonds is 22. The summed E-state index contributed by atoms with van der Waals surface area (Å²) in [4.78, 5) is 0. The molecule has 0 rings (SSSR count). The van der Waals surface area contributed by atoms with Crippen LogP contribution in [0.3, 0.4) is 0 Å². The minimum Gasteiger partial charge on any atom is -0.344 e. The van der Waals surface area contributed by atoms with Gasteiger partial charge in [-0.15, -0.1) is 0 Å². The van der Waals surface area contributed by atoms with Crippen LogP contribution in [0.2, 0.25) is 0 Å². The fourth-order valence-electron chi connectivity index (χ4n) is 5.00. The fraction of sp³-hybridized carbons (Fsp3) is 1.00. The van der Waals surface area contributed by atoms with Gasteiger partial charge >= 0.3 is 0 Å². The minimum absolute atomic E-state index is 0. The van der Waals surface area contributed by atoms with E-state index in [9.17, 15) is 0 Å². The van der Waals surface area contributed by atoms with E-state index < -0.39 is 0 Å². The SMILES string of the molecule is CCCCCCCCC(CCCCCCCC)(CCCCCCCC)C(C)(C)Br.N. The van der Waals surface area contributed by atoms with Crippen molar-refractivity contribution < 1.29 is 0 Å². The first-order chi connectivity index (χ1) is 13.9. The first-order valence-corrected chi connectivity index (χ1v) is 14.4. The molecular formula is C28H60BrN. The monoisotopic (exact) mass is 489 g/mol. The van der Waals surface area contributed by atoms with Crippen molar-refractivity contribution in [3.8, 4) is 0 Å². The molecule has 0 aliphatic rings. The zero-order valence-electron chi connectivity index (χ0n) is 21.9. The van der Waals surface area contributed by atoms with Crippen LogP contribution in [0.5, 0.6) is 0 Å². The lowest BCUT2D eigenvalue weighted by Crippen LogP contribution is -2.39. The summed E-state index contributed by atoms with van der Waals surface area (Å²) in [6, 6.07) is 0. The molecule has 0 aliphatic heterocycles. The van der Waals surface area contributed by atoms with Gasteiger partial charge < -0.3 is 6.15 Å². The molecule has 0 aromatic carbocycles. The van der Waals surface area contributed by atoms with Gasteiger partial charge in [-0.1, -0.05) is 152 Å². The van der Waals surface area contributed by atoms with Gasteiger partial charge in [0.2, 0.25) is 0 Å². The second kappa shape index (κ2) is 21.3. The van der Waals surface area contributed by atoms with Gasteiger partial charge in [-0.2, -0.15) is 0 Å². The lowest BCUT2D eigenvalue weighted by molar-refractivity contribution is 0.149. The molecule has 0 radical (unpaired) electrons. The van der Waals surface area contributed by atoms with Crippen molar-refractivity contribution >= 4 is 15.9 Å². The molecule has 1 nitrogen and oxygen atoms in total. The van der Waals surface area contributed by atoms with Gasteiger partial charge in [-0.05, 0) is 38.5 Å². The molecule has 184 valence electrons. The summed E-state index contributed by atoms with van der Waals surface area (Å²) in [5, 5.41) is 0. The summed E-state index contributed by atoms with van der Waals surface area (Å²) in [7, 11) is 0. The summed E-state index contributed by atoms with van der Waals surface area (Å²) in [6.45, 7) is 11.9. The second-order valence-electron chi connectivity index (χ2n) is 10.3. The Morgan fingerprint density at radius 2 is 0.667 bits per heavy atom. The molecule has 0 atom stereocenters. The Kier molecular flexibility index (Phi) is 23.2. The summed E-state index contributed by atoms with van der Waals surface area (Å²) in [6.07, 6.45) is 29.9. The quantitative estimate of drug-likeness (QED) is 0.119. The molecule has 3 N–H and O–H groups in total. The van der Waals surface area contributed by atoms with Crippen LogP contribution in [0.4, 0.5) is 0 Å². The standard InChI is InChI=1S/C28H57Br.H3N/c1-6-9-12-15-18-21-24-28(27(4,5)29,25-22-19-16-13-10-7-2)26-23-20-17-14-11-8-3;/h6-26H2,1-5H3;1H3. The van der Waals surface area contributed by atoms with E-state index >= 15 is 0 Å². The molecule has 0 fully saturated rings. The first kappa shape index (κ1) is 32.6. The van der Waals surface area contributed by atoms with Crippen LogP contribution in [-0.2, 0) is 0 Å². The van der Waals surface area contributed by atoms with Crippen molar-refractivity contribution in [1.29, 1.82) is 0 Å². The number of hydrogen-bond donors (Lipinski definition) is 1. The number of hydrogen-bond acceptors (Lipinski definition) is 1. The van der Waals surface area contributed by atoms with E-state index in [0.29, 0.717) is 5.41 Å². The Morgan fingerprint density at radius 3 is 0.900 bits per heavy atom. The van der Waals surface area contributed by atoms with Gasteiger partial charge in [0.05, 0.1) is 0 Å². The topological polar surface area (TPSA) is 35.0 Å². The summed E-state index contributed by atoms with van der Waals surface area (Å²) >= 11 is 4.18. The maximum atomic E-state index is 4.18. The van der Waals surface area contributed by atoms with Crippen molar-refractivity contribution in [2.45, 2.75) is 174 Å². The maximum absolute atomic E-state index is 4.18. The molecule has 0 unspecified atom stereocenters. The molecule has 2 heteroatoms. The predicted octanol–water partition coefficient (Wildman–Crippen LogP) is 11.6. The molecular weight excluding hydrogens is 430 g/mol. The van der Waals surface area contributed by atoms with E-state index in [1.54, 1.807) is 0 Å². The number of unbranched alkanes of at least 4 members (excludes halogenated alkanes) is 15. The van der Waals surface area contributed by atoms with Crippen molar-refractivity contribution in [3.05, 3.63) is 0 Å². The summed E-state index contributed by atoms with van der Waals surface area (Å²) in [5.41, 5.74) is 0.493. The highest BCUT2D eigenvalue weighted by Crippen LogP contribution is 2.50. The fourth-order valence-corrected chi connectivity index (χ4v) is 5.59. The molecule has 0 amide bonds. The predicted molar refractivity (Wildman–Crippen MR) is 144 cm³/mol. The zero-order chi connectivity index (χ0) is 21.8. The van der Waals surface area contributed by atoms with Gasteiger partial charge in [0, 0.05) is 4.32 Å². The largest absolute Gasteiger partial charge is 0.344 e. The van der Waals surface area contributed by atoms with Gasteiger partial charge in [0.15, 0.2) is 0 Å². The lowest BCUT2D eigenvalue weighted by atomic mass is 9.66. The molecule has 0 aromatic rings. The third kappa shape index (κ3) is 16.1. The maximum Gasteiger partial charge on any atom is 0.0257 e.